The number of methoxy groups -OCH3 is 1. The van der Waals surface area contributed by atoms with Crippen molar-refractivity contribution in [1.29, 1.82) is 0 Å². The van der Waals surface area contributed by atoms with Gasteiger partial charge in [0, 0.05) is 18.2 Å². The van der Waals surface area contributed by atoms with Crippen molar-refractivity contribution in [2.24, 2.45) is 0 Å². The topological polar surface area (TPSA) is 96.0 Å². The van der Waals surface area contributed by atoms with E-state index in [2.05, 4.69) is 21.2 Å². The van der Waals surface area contributed by atoms with Gasteiger partial charge in [-0.15, -0.1) is 0 Å². The molecule has 1 N–H and O–H groups in total. The third-order valence-electron chi connectivity index (χ3n) is 7.73. The minimum Gasteiger partial charge on any atom is -0.496 e. The molecule has 3 aromatic carbocycles. The van der Waals surface area contributed by atoms with E-state index in [1.54, 1.807) is 49.4 Å². The number of carbonyl (C=O) groups is 2. The Morgan fingerprint density at radius 2 is 1.72 bits per heavy atom. The molecule has 1 aliphatic rings. The maximum Gasteiger partial charge on any atom is 0.264 e. The van der Waals surface area contributed by atoms with Crippen LogP contribution in [-0.4, -0.2) is 50.9 Å². The van der Waals surface area contributed by atoms with E-state index in [0.717, 1.165) is 42.0 Å². The van der Waals surface area contributed by atoms with Crippen molar-refractivity contribution in [2.75, 3.05) is 18.0 Å². The summed E-state index contributed by atoms with van der Waals surface area (Å²) in [5.74, 6) is -1.08. The Labute approximate surface area is 261 Å². The quantitative estimate of drug-likeness (QED) is 0.271. The van der Waals surface area contributed by atoms with Crippen LogP contribution in [0.25, 0.3) is 0 Å². The highest BCUT2D eigenvalue weighted by Crippen LogP contribution is 2.31. The second-order valence-electron chi connectivity index (χ2n) is 10.8. The molecule has 0 bridgehead atoms. The molecule has 0 aliphatic heterocycles. The Hall–Kier alpha value is -3.44. The molecule has 0 radical (unpaired) electrons. The zero-order chi connectivity index (χ0) is 31.1. The van der Waals surface area contributed by atoms with Gasteiger partial charge in [-0.2, -0.15) is 0 Å². The summed E-state index contributed by atoms with van der Waals surface area (Å²) in [6.45, 7) is 2.64. The Bertz CT molecular complexity index is 1540. The van der Waals surface area contributed by atoms with Crippen LogP contribution in [0.4, 0.5) is 10.1 Å². The molecule has 2 amide bonds. The summed E-state index contributed by atoms with van der Waals surface area (Å²) in [7, 11) is -2.79. The monoisotopic (exact) mass is 673 g/mol. The fraction of sp³-hybridized carbons (Fsp3) is 0.375. The van der Waals surface area contributed by atoms with Crippen molar-refractivity contribution in [3.63, 3.8) is 0 Å². The number of carbonyl (C=O) groups excluding carboxylic acids is 2. The maximum atomic E-state index is 14.8. The van der Waals surface area contributed by atoms with Crippen LogP contribution in [0.3, 0.4) is 0 Å². The normalized spacial score (nSPS) is 14.5. The van der Waals surface area contributed by atoms with Crippen molar-refractivity contribution in [1.82, 2.24) is 10.2 Å². The predicted molar refractivity (Wildman–Crippen MR) is 168 cm³/mol. The lowest BCUT2D eigenvalue weighted by molar-refractivity contribution is -0.139. The first kappa shape index (κ1) is 32.5. The fourth-order valence-corrected chi connectivity index (χ4v) is 7.27. The number of benzene rings is 3. The first-order chi connectivity index (χ1) is 20.5. The molecule has 1 aliphatic carbocycles. The fourth-order valence-electron chi connectivity index (χ4n) is 5.14. The molecule has 3 aromatic rings. The SMILES string of the molecule is COc1ccc(S(=O)(=O)N(CC(=O)N(Cc2ccccc2F)[C@@H](C)C(=O)NC2CCCCC2)c2ccc(C)cc2)cc1Br. The molecule has 8 nitrogen and oxygen atoms in total. The van der Waals surface area contributed by atoms with Gasteiger partial charge in [-0.25, -0.2) is 12.8 Å². The van der Waals surface area contributed by atoms with E-state index in [4.69, 9.17) is 4.74 Å². The standard InChI is InChI=1S/C32H37BrFN3O5S/c1-22-13-15-26(16-14-22)37(43(40,41)27-17-18-30(42-3)28(33)19-27)21-31(38)36(20-24-9-7-8-12-29(24)34)23(2)32(39)35-25-10-5-4-6-11-25/h7-9,12-19,23,25H,4-6,10-11,20-21H2,1-3H3,(H,35,39)/t23-/m0/s1. The van der Waals surface area contributed by atoms with Gasteiger partial charge in [0.1, 0.15) is 24.2 Å². The van der Waals surface area contributed by atoms with E-state index in [-0.39, 0.29) is 34.6 Å². The van der Waals surface area contributed by atoms with E-state index in [9.17, 15) is 22.4 Å². The van der Waals surface area contributed by atoms with E-state index in [1.165, 1.54) is 36.3 Å². The summed E-state index contributed by atoms with van der Waals surface area (Å²) in [5.41, 5.74) is 1.40. The largest absolute Gasteiger partial charge is 0.496 e. The van der Waals surface area contributed by atoms with Gasteiger partial charge in [-0.1, -0.05) is 55.2 Å². The van der Waals surface area contributed by atoms with E-state index in [0.29, 0.717) is 10.2 Å². The van der Waals surface area contributed by atoms with Gasteiger partial charge < -0.3 is 15.0 Å². The summed E-state index contributed by atoms with van der Waals surface area (Å²) in [5, 5.41) is 3.04. The Morgan fingerprint density at radius 3 is 2.35 bits per heavy atom. The average Bonchev–Trinajstić information content (AvgIpc) is 3.00. The Morgan fingerprint density at radius 1 is 1.05 bits per heavy atom. The molecule has 43 heavy (non-hydrogen) atoms. The first-order valence-corrected chi connectivity index (χ1v) is 16.5. The third kappa shape index (κ3) is 7.94. The molecule has 1 saturated carbocycles. The molecule has 0 heterocycles. The zero-order valence-corrected chi connectivity index (χ0v) is 27.0. The number of aryl methyl sites for hydroxylation is 1. The molecule has 0 aromatic heterocycles. The smallest absolute Gasteiger partial charge is 0.264 e. The molecule has 11 heteroatoms. The van der Waals surface area contributed by atoms with E-state index < -0.39 is 34.3 Å². The van der Waals surface area contributed by atoms with Crippen LogP contribution in [0.5, 0.6) is 5.75 Å². The Balaban J connectivity index is 1.70. The summed E-state index contributed by atoms with van der Waals surface area (Å²) in [6, 6.07) is 16.2. The van der Waals surface area contributed by atoms with Crippen LogP contribution in [0.2, 0.25) is 0 Å². The average molecular weight is 675 g/mol. The summed E-state index contributed by atoms with van der Waals surface area (Å²) < 4.78 is 49.6. The number of hydrogen-bond donors (Lipinski definition) is 1. The van der Waals surface area contributed by atoms with Crippen LogP contribution >= 0.6 is 15.9 Å². The lowest BCUT2D eigenvalue weighted by atomic mass is 9.95. The summed E-state index contributed by atoms with van der Waals surface area (Å²) in [4.78, 5) is 28.7. The minimum atomic E-state index is -4.27. The van der Waals surface area contributed by atoms with Crippen LogP contribution in [0, 0.1) is 12.7 Å². The number of anilines is 1. The van der Waals surface area contributed by atoms with Crippen molar-refractivity contribution >= 4 is 43.5 Å². The molecule has 1 fully saturated rings. The summed E-state index contributed by atoms with van der Waals surface area (Å²) >= 11 is 3.35. The second-order valence-corrected chi connectivity index (χ2v) is 13.5. The van der Waals surface area contributed by atoms with Crippen molar-refractivity contribution < 1.29 is 27.1 Å². The van der Waals surface area contributed by atoms with Crippen LogP contribution < -0.4 is 14.4 Å². The number of halogens is 2. The summed E-state index contributed by atoms with van der Waals surface area (Å²) in [6.07, 6.45) is 4.87. The highest BCUT2D eigenvalue weighted by Gasteiger charge is 2.34. The highest BCUT2D eigenvalue weighted by atomic mass is 79.9. The number of sulfonamides is 1. The van der Waals surface area contributed by atoms with Crippen molar-refractivity contribution in [3.8, 4) is 5.75 Å². The lowest BCUT2D eigenvalue weighted by Gasteiger charge is -2.33. The lowest BCUT2D eigenvalue weighted by Crippen LogP contribution is -2.53. The van der Waals surface area contributed by atoms with Gasteiger partial charge in [0.25, 0.3) is 10.0 Å². The number of ether oxygens (including phenoxy) is 1. The van der Waals surface area contributed by atoms with Crippen LogP contribution in [0.15, 0.2) is 76.1 Å². The second kappa shape index (κ2) is 14.4. The zero-order valence-electron chi connectivity index (χ0n) is 24.6. The number of rotatable bonds is 11. The van der Waals surface area contributed by atoms with Crippen molar-refractivity contribution in [2.45, 2.75) is 69.5 Å². The number of nitrogens with one attached hydrogen (secondary N) is 1. The van der Waals surface area contributed by atoms with Crippen LogP contribution in [-0.2, 0) is 26.2 Å². The third-order valence-corrected chi connectivity index (χ3v) is 10.1. The first-order valence-electron chi connectivity index (χ1n) is 14.3. The van der Waals surface area contributed by atoms with Gasteiger partial charge in [0.2, 0.25) is 11.8 Å². The molecule has 0 unspecified atom stereocenters. The molecule has 4 rings (SSSR count). The number of amides is 2. The van der Waals surface area contributed by atoms with Crippen LogP contribution in [0.1, 0.15) is 50.2 Å². The van der Waals surface area contributed by atoms with Gasteiger partial charge >= 0.3 is 0 Å². The molecular formula is C32H37BrFN3O5S. The van der Waals surface area contributed by atoms with Gasteiger partial charge in [-0.05, 0) is 79.0 Å². The van der Waals surface area contributed by atoms with E-state index in [1.807, 2.05) is 6.92 Å². The molecule has 230 valence electrons. The van der Waals surface area contributed by atoms with E-state index >= 15 is 0 Å². The number of nitrogens with zero attached hydrogens (tertiary/aromatic N) is 2. The van der Waals surface area contributed by atoms with Gasteiger partial charge in [0.05, 0.1) is 22.2 Å². The molecular weight excluding hydrogens is 637 g/mol. The van der Waals surface area contributed by atoms with Crippen molar-refractivity contribution in [3.05, 3.63) is 88.1 Å². The highest BCUT2D eigenvalue weighted by molar-refractivity contribution is 9.10. The Kier molecular flexibility index (Phi) is 10.8. The van der Waals surface area contributed by atoms with Gasteiger partial charge in [-0.3, -0.25) is 13.9 Å². The molecule has 0 saturated heterocycles. The maximum absolute atomic E-state index is 14.8. The molecule has 0 spiro atoms. The van der Waals surface area contributed by atoms with Gasteiger partial charge in [0.15, 0.2) is 0 Å². The number of hydrogen-bond acceptors (Lipinski definition) is 5. The predicted octanol–water partition coefficient (Wildman–Crippen LogP) is 5.97. The molecule has 1 atom stereocenters. The minimum absolute atomic E-state index is 0.00654.